The topological polar surface area (TPSA) is 105 Å². The van der Waals surface area contributed by atoms with Gasteiger partial charge in [-0.25, -0.2) is 0 Å². The summed E-state index contributed by atoms with van der Waals surface area (Å²) in [5.41, 5.74) is 10.5. The van der Waals surface area contributed by atoms with Crippen LogP contribution in [0.15, 0.2) is 24.3 Å². The third kappa shape index (κ3) is 5.70. The third-order valence-corrected chi connectivity index (χ3v) is 6.63. The monoisotopic (exact) mass is 467 g/mol. The first-order valence-corrected chi connectivity index (χ1v) is 12.1. The van der Waals surface area contributed by atoms with E-state index in [9.17, 15) is 14.7 Å². The fourth-order valence-electron chi connectivity index (χ4n) is 4.41. The maximum atomic E-state index is 13.5. The quantitative estimate of drug-likeness (QED) is 0.380. The zero-order valence-electron chi connectivity index (χ0n) is 20.7. The van der Waals surface area contributed by atoms with E-state index in [1.807, 2.05) is 39.0 Å². The van der Waals surface area contributed by atoms with Gasteiger partial charge in [-0.05, 0) is 73.2 Å². The Morgan fingerprint density at radius 3 is 2.62 bits per heavy atom. The standard InChI is InChI=1S/C27H37N3O4/c1-5-6-7-8-25(31)30-16-21-14-22(34-12-11-28)10-9-20(21)15-24(30)27(33)29-23-13-17(2)26(32)19(4)18(23)3/h9-10,13-14,24,32H,5-8,11-12,15-16,28H2,1-4H3,(H,29,33)/t24-/m0/s1. The van der Waals surface area contributed by atoms with E-state index in [1.165, 1.54) is 0 Å². The molecule has 0 saturated carbocycles. The molecule has 184 valence electrons. The number of hydrogen-bond donors (Lipinski definition) is 3. The third-order valence-electron chi connectivity index (χ3n) is 6.63. The molecule has 0 aliphatic carbocycles. The Bertz CT molecular complexity index is 1050. The highest BCUT2D eigenvalue weighted by molar-refractivity contribution is 5.98. The van der Waals surface area contributed by atoms with Crippen LogP contribution >= 0.6 is 0 Å². The number of phenolic OH excluding ortho intramolecular Hbond substituents is 1. The molecule has 3 rings (SSSR count). The Hall–Kier alpha value is -3.06. The van der Waals surface area contributed by atoms with Crippen LogP contribution < -0.4 is 15.8 Å². The van der Waals surface area contributed by atoms with Crippen molar-refractivity contribution >= 4 is 17.5 Å². The highest BCUT2D eigenvalue weighted by Crippen LogP contribution is 2.32. The maximum absolute atomic E-state index is 13.5. The van der Waals surface area contributed by atoms with Crippen molar-refractivity contribution in [2.75, 3.05) is 18.5 Å². The smallest absolute Gasteiger partial charge is 0.247 e. The molecular formula is C27H37N3O4. The highest BCUT2D eigenvalue weighted by atomic mass is 16.5. The number of rotatable bonds is 9. The van der Waals surface area contributed by atoms with Crippen LogP contribution in [0.25, 0.3) is 0 Å². The first-order chi connectivity index (χ1) is 16.3. The van der Waals surface area contributed by atoms with Crippen molar-refractivity contribution in [1.29, 1.82) is 0 Å². The number of aromatic hydroxyl groups is 1. The average molecular weight is 468 g/mol. The van der Waals surface area contributed by atoms with Gasteiger partial charge in [-0.3, -0.25) is 9.59 Å². The maximum Gasteiger partial charge on any atom is 0.247 e. The largest absolute Gasteiger partial charge is 0.507 e. The Morgan fingerprint density at radius 2 is 1.91 bits per heavy atom. The van der Waals surface area contributed by atoms with Crippen molar-refractivity contribution in [3.05, 3.63) is 52.1 Å². The molecule has 0 radical (unpaired) electrons. The van der Waals surface area contributed by atoms with Crippen LogP contribution in [-0.2, 0) is 22.6 Å². The molecule has 0 fully saturated rings. The van der Waals surface area contributed by atoms with Crippen molar-refractivity contribution in [2.24, 2.45) is 5.73 Å². The number of benzene rings is 2. The number of phenols is 1. The van der Waals surface area contributed by atoms with Gasteiger partial charge in [-0.15, -0.1) is 0 Å². The number of nitrogens with two attached hydrogens (primary N) is 1. The van der Waals surface area contributed by atoms with Crippen LogP contribution in [0.3, 0.4) is 0 Å². The summed E-state index contributed by atoms with van der Waals surface area (Å²) in [5.74, 6) is 0.728. The van der Waals surface area contributed by atoms with Crippen LogP contribution in [0.5, 0.6) is 11.5 Å². The number of carbonyl (C=O) groups is 2. The van der Waals surface area contributed by atoms with E-state index in [1.54, 1.807) is 11.0 Å². The van der Waals surface area contributed by atoms with Gasteiger partial charge in [0.15, 0.2) is 0 Å². The van der Waals surface area contributed by atoms with E-state index in [2.05, 4.69) is 12.2 Å². The lowest BCUT2D eigenvalue weighted by Crippen LogP contribution is -2.50. The first kappa shape index (κ1) is 25.6. The van der Waals surface area contributed by atoms with Crippen LogP contribution in [0.4, 0.5) is 5.69 Å². The van der Waals surface area contributed by atoms with Crippen molar-refractivity contribution < 1.29 is 19.4 Å². The van der Waals surface area contributed by atoms with Gasteiger partial charge in [0.2, 0.25) is 11.8 Å². The highest BCUT2D eigenvalue weighted by Gasteiger charge is 2.35. The summed E-state index contributed by atoms with van der Waals surface area (Å²) in [7, 11) is 0. The predicted molar refractivity (Wildman–Crippen MR) is 134 cm³/mol. The van der Waals surface area contributed by atoms with E-state index in [4.69, 9.17) is 10.5 Å². The lowest BCUT2D eigenvalue weighted by molar-refractivity contribution is -0.140. The van der Waals surface area contributed by atoms with Gasteiger partial charge in [-0.1, -0.05) is 25.8 Å². The normalized spacial score (nSPS) is 15.1. The van der Waals surface area contributed by atoms with E-state index in [-0.39, 0.29) is 17.6 Å². The average Bonchev–Trinajstić information content (AvgIpc) is 2.83. The lowest BCUT2D eigenvalue weighted by atomic mass is 9.92. The van der Waals surface area contributed by atoms with Gasteiger partial charge < -0.3 is 25.8 Å². The molecule has 7 nitrogen and oxygen atoms in total. The summed E-state index contributed by atoms with van der Waals surface area (Å²) < 4.78 is 5.67. The number of aryl methyl sites for hydroxylation is 1. The molecule has 2 amide bonds. The number of hydrogen-bond acceptors (Lipinski definition) is 5. The van der Waals surface area contributed by atoms with E-state index in [0.717, 1.165) is 47.3 Å². The number of carbonyl (C=O) groups excluding carboxylic acids is 2. The number of amides is 2. The van der Waals surface area contributed by atoms with Crippen molar-refractivity contribution in [3.63, 3.8) is 0 Å². The summed E-state index contributed by atoms with van der Waals surface area (Å²) in [6.45, 7) is 8.83. The molecule has 7 heteroatoms. The number of unbranched alkanes of at least 4 members (excludes halogenated alkanes) is 2. The molecule has 2 aromatic rings. The minimum Gasteiger partial charge on any atom is -0.507 e. The lowest BCUT2D eigenvalue weighted by Gasteiger charge is -2.36. The second-order valence-electron chi connectivity index (χ2n) is 9.10. The molecule has 0 unspecified atom stereocenters. The first-order valence-electron chi connectivity index (χ1n) is 12.1. The van der Waals surface area contributed by atoms with Crippen molar-refractivity contribution in [3.8, 4) is 11.5 Å². The second-order valence-corrected chi connectivity index (χ2v) is 9.10. The second kappa shape index (κ2) is 11.4. The Kier molecular flexibility index (Phi) is 8.56. The van der Waals surface area contributed by atoms with Crippen LogP contribution in [-0.4, -0.2) is 41.0 Å². The number of nitrogens with one attached hydrogen (secondary N) is 1. The van der Waals surface area contributed by atoms with E-state index >= 15 is 0 Å². The molecule has 0 bridgehead atoms. The zero-order chi connectivity index (χ0) is 24.8. The summed E-state index contributed by atoms with van der Waals surface area (Å²) in [6.07, 6.45) is 3.68. The van der Waals surface area contributed by atoms with Gasteiger partial charge in [-0.2, -0.15) is 0 Å². The van der Waals surface area contributed by atoms with Gasteiger partial charge in [0, 0.05) is 31.6 Å². The molecule has 0 spiro atoms. The Labute approximate surface area is 202 Å². The molecule has 2 aromatic carbocycles. The minimum atomic E-state index is -0.605. The number of fused-ring (bicyclic) bond motifs is 1. The van der Waals surface area contributed by atoms with Crippen molar-refractivity contribution in [1.82, 2.24) is 4.90 Å². The van der Waals surface area contributed by atoms with E-state index in [0.29, 0.717) is 43.8 Å². The van der Waals surface area contributed by atoms with Gasteiger partial charge in [0.25, 0.3) is 0 Å². The molecule has 34 heavy (non-hydrogen) atoms. The Morgan fingerprint density at radius 1 is 1.15 bits per heavy atom. The minimum absolute atomic E-state index is 0.0117. The Balaban J connectivity index is 1.88. The van der Waals surface area contributed by atoms with Crippen molar-refractivity contribution in [2.45, 2.75) is 72.4 Å². The molecule has 1 atom stereocenters. The summed E-state index contributed by atoms with van der Waals surface area (Å²) in [5, 5.41) is 13.2. The van der Waals surface area contributed by atoms with Crippen LogP contribution in [0.2, 0.25) is 0 Å². The van der Waals surface area contributed by atoms with E-state index < -0.39 is 6.04 Å². The van der Waals surface area contributed by atoms with Gasteiger partial charge in [0.1, 0.15) is 24.1 Å². The molecule has 4 N–H and O–H groups in total. The summed E-state index contributed by atoms with van der Waals surface area (Å²) in [6, 6.07) is 6.98. The molecule has 1 aliphatic rings. The van der Waals surface area contributed by atoms with Gasteiger partial charge in [0.05, 0.1) is 0 Å². The molecular weight excluding hydrogens is 430 g/mol. The molecule has 1 aliphatic heterocycles. The summed E-state index contributed by atoms with van der Waals surface area (Å²) >= 11 is 0. The van der Waals surface area contributed by atoms with Gasteiger partial charge >= 0.3 is 0 Å². The zero-order valence-corrected chi connectivity index (χ0v) is 20.7. The fraction of sp³-hybridized carbons (Fsp3) is 0.481. The fourth-order valence-corrected chi connectivity index (χ4v) is 4.41. The molecule has 1 heterocycles. The van der Waals surface area contributed by atoms with Crippen LogP contribution in [0, 0.1) is 20.8 Å². The van der Waals surface area contributed by atoms with Crippen LogP contribution in [0.1, 0.15) is 60.4 Å². The SMILES string of the molecule is CCCCCC(=O)N1Cc2cc(OCCN)ccc2C[C@H]1C(=O)Nc1cc(C)c(O)c(C)c1C. The molecule has 0 saturated heterocycles. The summed E-state index contributed by atoms with van der Waals surface area (Å²) in [4.78, 5) is 28.4. The number of ether oxygens (including phenoxy) is 1. The number of nitrogens with zero attached hydrogens (tertiary/aromatic N) is 1. The molecule has 0 aromatic heterocycles. The predicted octanol–water partition coefficient (Wildman–Crippen LogP) is 4.13. The number of anilines is 1.